The Morgan fingerprint density at radius 2 is 2.11 bits per heavy atom. The standard InChI is InChI=1S/C12H17N5O2/c1-2-16-10-9(11(18)15-12(16)19)17(7-14-10)8-3-5-13-6-4-8/h7-8,13H,2-6H2,1H3,(H,15,18,19). The first-order chi connectivity index (χ1) is 9.22. The summed E-state index contributed by atoms with van der Waals surface area (Å²) >= 11 is 0. The van der Waals surface area contributed by atoms with Crippen LogP contribution < -0.4 is 16.6 Å². The zero-order chi connectivity index (χ0) is 13.4. The van der Waals surface area contributed by atoms with Gasteiger partial charge >= 0.3 is 5.69 Å². The molecule has 7 nitrogen and oxygen atoms in total. The number of nitrogens with zero attached hydrogens (tertiary/aromatic N) is 3. The highest BCUT2D eigenvalue weighted by atomic mass is 16.2. The van der Waals surface area contributed by atoms with E-state index in [-0.39, 0.29) is 11.6 Å². The Balaban J connectivity index is 2.22. The van der Waals surface area contributed by atoms with Gasteiger partial charge in [-0.15, -0.1) is 0 Å². The first-order valence-corrected chi connectivity index (χ1v) is 6.62. The molecule has 2 aromatic rings. The summed E-state index contributed by atoms with van der Waals surface area (Å²) in [4.78, 5) is 30.4. The van der Waals surface area contributed by atoms with Gasteiger partial charge in [-0.3, -0.25) is 14.3 Å². The largest absolute Gasteiger partial charge is 0.330 e. The molecule has 3 heterocycles. The Morgan fingerprint density at radius 1 is 1.37 bits per heavy atom. The topological polar surface area (TPSA) is 84.7 Å². The molecule has 19 heavy (non-hydrogen) atoms. The molecule has 1 fully saturated rings. The van der Waals surface area contributed by atoms with Crippen LogP contribution in [0.15, 0.2) is 15.9 Å². The van der Waals surface area contributed by atoms with Crippen molar-refractivity contribution >= 4 is 11.2 Å². The van der Waals surface area contributed by atoms with Gasteiger partial charge in [0.05, 0.1) is 6.33 Å². The maximum atomic E-state index is 12.0. The second kappa shape index (κ2) is 4.65. The van der Waals surface area contributed by atoms with Crippen molar-refractivity contribution in [2.24, 2.45) is 0 Å². The minimum atomic E-state index is -0.393. The second-order valence-corrected chi connectivity index (χ2v) is 4.81. The number of H-pyrrole nitrogens is 1. The normalized spacial score (nSPS) is 17.1. The van der Waals surface area contributed by atoms with Gasteiger partial charge in [-0.2, -0.15) is 0 Å². The van der Waals surface area contributed by atoms with E-state index in [2.05, 4.69) is 15.3 Å². The number of aromatic amines is 1. The number of hydrogen-bond acceptors (Lipinski definition) is 4. The first kappa shape index (κ1) is 12.2. The predicted octanol–water partition coefficient (Wildman–Crippen LogP) is -0.169. The molecule has 1 aliphatic rings. The van der Waals surface area contributed by atoms with E-state index in [1.165, 1.54) is 4.57 Å². The molecule has 0 radical (unpaired) electrons. The van der Waals surface area contributed by atoms with Crippen LogP contribution in [0.4, 0.5) is 0 Å². The maximum Gasteiger partial charge on any atom is 0.330 e. The molecule has 102 valence electrons. The summed E-state index contributed by atoms with van der Waals surface area (Å²) in [5.74, 6) is 0. The van der Waals surface area contributed by atoms with Crippen LogP contribution in [0.5, 0.6) is 0 Å². The van der Waals surface area contributed by atoms with Crippen LogP contribution >= 0.6 is 0 Å². The van der Waals surface area contributed by atoms with E-state index in [9.17, 15) is 9.59 Å². The zero-order valence-corrected chi connectivity index (χ0v) is 10.8. The number of aromatic nitrogens is 4. The van der Waals surface area contributed by atoms with E-state index in [1.54, 1.807) is 6.33 Å². The van der Waals surface area contributed by atoms with E-state index in [0.717, 1.165) is 25.9 Å². The van der Waals surface area contributed by atoms with Gasteiger partial charge in [0.15, 0.2) is 11.2 Å². The molecule has 2 aromatic heterocycles. The summed E-state index contributed by atoms with van der Waals surface area (Å²) < 4.78 is 3.41. The number of piperidine rings is 1. The van der Waals surface area contributed by atoms with Gasteiger partial charge in [0, 0.05) is 12.6 Å². The van der Waals surface area contributed by atoms with Gasteiger partial charge in [0.2, 0.25) is 0 Å². The lowest BCUT2D eigenvalue weighted by atomic mass is 10.1. The Bertz CT molecular complexity index is 705. The van der Waals surface area contributed by atoms with Gasteiger partial charge in [-0.1, -0.05) is 0 Å². The van der Waals surface area contributed by atoms with Crippen molar-refractivity contribution in [3.8, 4) is 0 Å². The molecule has 1 aliphatic heterocycles. The lowest BCUT2D eigenvalue weighted by Gasteiger charge is -2.24. The van der Waals surface area contributed by atoms with E-state index in [4.69, 9.17) is 0 Å². The summed E-state index contributed by atoms with van der Waals surface area (Å²) in [6, 6.07) is 0.273. The van der Waals surface area contributed by atoms with Gasteiger partial charge in [0.25, 0.3) is 5.56 Å². The average Bonchev–Trinajstić information content (AvgIpc) is 2.85. The molecule has 0 atom stereocenters. The number of nitrogens with one attached hydrogen (secondary N) is 2. The van der Waals surface area contributed by atoms with Crippen molar-refractivity contribution in [3.63, 3.8) is 0 Å². The quantitative estimate of drug-likeness (QED) is 0.788. The summed E-state index contributed by atoms with van der Waals surface area (Å²) in [6.07, 6.45) is 3.62. The predicted molar refractivity (Wildman–Crippen MR) is 71.4 cm³/mol. The summed E-state index contributed by atoms with van der Waals surface area (Å²) in [6.45, 7) is 4.24. The van der Waals surface area contributed by atoms with Crippen LogP contribution in [0.25, 0.3) is 11.2 Å². The molecule has 2 N–H and O–H groups in total. The van der Waals surface area contributed by atoms with Gasteiger partial charge < -0.3 is 9.88 Å². The third-order valence-corrected chi connectivity index (χ3v) is 3.73. The van der Waals surface area contributed by atoms with E-state index >= 15 is 0 Å². The van der Waals surface area contributed by atoms with Crippen molar-refractivity contribution in [1.29, 1.82) is 0 Å². The molecule has 3 rings (SSSR count). The van der Waals surface area contributed by atoms with Crippen LogP contribution in [0.1, 0.15) is 25.8 Å². The monoisotopic (exact) mass is 263 g/mol. The third-order valence-electron chi connectivity index (χ3n) is 3.73. The van der Waals surface area contributed by atoms with E-state index < -0.39 is 5.69 Å². The van der Waals surface area contributed by atoms with E-state index in [1.807, 2.05) is 11.5 Å². The summed E-state index contributed by atoms with van der Waals surface area (Å²) in [5.41, 5.74) is 0.249. The number of hydrogen-bond donors (Lipinski definition) is 2. The van der Waals surface area contributed by atoms with Crippen molar-refractivity contribution < 1.29 is 0 Å². The summed E-state index contributed by atoms with van der Waals surface area (Å²) in [5, 5.41) is 3.30. The molecule has 0 aliphatic carbocycles. The third kappa shape index (κ3) is 1.90. The van der Waals surface area contributed by atoms with Crippen molar-refractivity contribution in [2.75, 3.05) is 13.1 Å². The molecule has 1 saturated heterocycles. The van der Waals surface area contributed by atoms with Crippen molar-refractivity contribution in [2.45, 2.75) is 32.4 Å². The number of aryl methyl sites for hydroxylation is 1. The average molecular weight is 263 g/mol. The molecular weight excluding hydrogens is 246 g/mol. The maximum absolute atomic E-state index is 12.0. The number of fused-ring (bicyclic) bond motifs is 1. The van der Waals surface area contributed by atoms with Crippen molar-refractivity contribution in [1.82, 2.24) is 24.4 Å². The molecule has 0 bridgehead atoms. The highest BCUT2D eigenvalue weighted by Gasteiger charge is 2.20. The molecular formula is C12H17N5O2. The van der Waals surface area contributed by atoms with Crippen LogP contribution in [-0.2, 0) is 6.54 Å². The Morgan fingerprint density at radius 3 is 2.79 bits per heavy atom. The number of imidazole rings is 1. The van der Waals surface area contributed by atoms with Crippen molar-refractivity contribution in [3.05, 3.63) is 27.2 Å². The smallest absolute Gasteiger partial charge is 0.322 e. The van der Waals surface area contributed by atoms with Crippen LogP contribution in [0.2, 0.25) is 0 Å². The molecule has 0 amide bonds. The fourth-order valence-electron chi connectivity index (χ4n) is 2.74. The highest BCUT2D eigenvalue weighted by Crippen LogP contribution is 2.21. The Hall–Kier alpha value is -1.89. The molecule has 0 unspecified atom stereocenters. The van der Waals surface area contributed by atoms with Crippen LogP contribution in [0.3, 0.4) is 0 Å². The Kier molecular flexibility index (Phi) is 2.98. The highest BCUT2D eigenvalue weighted by molar-refractivity contribution is 5.70. The van der Waals surface area contributed by atoms with Gasteiger partial charge in [-0.25, -0.2) is 9.78 Å². The molecule has 0 spiro atoms. The lowest BCUT2D eigenvalue weighted by Crippen LogP contribution is -2.33. The summed E-state index contributed by atoms with van der Waals surface area (Å²) in [7, 11) is 0. The fourth-order valence-corrected chi connectivity index (χ4v) is 2.74. The minimum Gasteiger partial charge on any atom is -0.322 e. The molecule has 0 aromatic carbocycles. The Labute approximate surface area is 109 Å². The molecule has 7 heteroatoms. The zero-order valence-electron chi connectivity index (χ0n) is 10.8. The van der Waals surface area contributed by atoms with Crippen LogP contribution in [-0.4, -0.2) is 32.2 Å². The fraction of sp³-hybridized carbons (Fsp3) is 0.583. The van der Waals surface area contributed by atoms with E-state index in [0.29, 0.717) is 17.7 Å². The van der Waals surface area contributed by atoms with Gasteiger partial charge in [-0.05, 0) is 32.9 Å². The molecule has 0 saturated carbocycles. The first-order valence-electron chi connectivity index (χ1n) is 6.62. The number of rotatable bonds is 2. The SMILES string of the molecule is CCn1c(=O)[nH]c(=O)c2c1ncn2C1CCNCC1. The van der Waals surface area contributed by atoms with Crippen LogP contribution in [0, 0.1) is 0 Å². The lowest BCUT2D eigenvalue weighted by molar-refractivity contribution is 0.374. The second-order valence-electron chi connectivity index (χ2n) is 4.81. The van der Waals surface area contributed by atoms with Gasteiger partial charge in [0.1, 0.15) is 0 Å². The minimum absolute atomic E-state index is 0.273.